The summed E-state index contributed by atoms with van der Waals surface area (Å²) in [5, 5.41) is 23.3. The normalized spacial score (nSPS) is 10.2. The molecule has 1 aromatic carbocycles. The highest BCUT2D eigenvalue weighted by Crippen LogP contribution is 2.30. The van der Waals surface area contributed by atoms with E-state index in [0.717, 1.165) is 12.1 Å². The van der Waals surface area contributed by atoms with Crippen LogP contribution in [-0.2, 0) is 9.59 Å². The molecule has 0 heterocycles. The van der Waals surface area contributed by atoms with Crippen LogP contribution in [0.4, 0.5) is 20.2 Å². The summed E-state index contributed by atoms with van der Waals surface area (Å²) in [6, 6.07) is 2.79. The first kappa shape index (κ1) is 16.3. The number of hydrogen-bond donors (Lipinski definition) is 3. The molecule has 0 unspecified atom stereocenters. The van der Waals surface area contributed by atoms with Gasteiger partial charge in [0, 0.05) is 23.4 Å². The number of non-ortho nitro benzene ring substituents is 1. The number of rotatable bonds is 7. The number of nitrogens with one attached hydrogen (secondary N) is 2. The summed E-state index contributed by atoms with van der Waals surface area (Å²) in [5.74, 6) is -1.96. The minimum Gasteiger partial charge on any atom is -0.480 e. The summed E-state index contributed by atoms with van der Waals surface area (Å²) in [6.07, 6.45) is -2.96. The predicted octanol–water partition coefficient (Wildman–Crippen LogP) is 1.15. The first-order valence-corrected chi connectivity index (χ1v) is 5.60. The van der Waals surface area contributed by atoms with Crippen LogP contribution in [0.2, 0.25) is 0 Å². The fourth-order valence-electron chi connectivity index (χ4n) is 1.42. The number of benzene rings is 1. The highest BCUT2D eigenvalue weighted by molar-refractivity contribution is 5.84. The third-order valence-corrected chi connectivity index (χ3v) is 2.36. The molecule has 0 bridgehead atoms. The zero-order chi connectivity index (χ0) is 16.0. The molecule has 0 aliphatic carbocycles. The van der Waals surface area contributed by atoms with Crippen molar-refractivity contribution in [1.29, 1.82) is 0 Å². The standard InChI is InChI=1S/C11H11F2N3O5/c12-11(13)7-3-6(16(20)21)1-2-8(7)14-4-9(17)15-5-10(18)19/h1-3,11,14H,4-5H2,(H,15,17)(H,18,19). The molecule has 0 fully saturated rings. The minimum absolute atomic E-state index is 0.138. The molecule has 1 rings (SSSR count). The van der Waals surface area contributed by atoms with Gasteiger partial charge in [-0.3, -0.25) is 19.7 Å². The van der Waals surface area contributed by atoms with E-state index in [-0.39, 0.29) is 5.69 Å². The van der Waals surface area contributed by atoms with E-state index in [2.05, 4.69) is 5.32 Å². The number of carbonyl (C=O) groups is 2. The van der Waals surface area contributed by atoms with Crippen molar-refractivity contribution in [3.63, 3.8) is 0 Å². The van der Waals surface area contributed by atoms with Gasteiger partial charge in [0.05, 0.1) is 11.5 Å². The first-order valence-electron chi connectivity index (χ1n) is 5.60. The molecule has 0 atom stereocenters. The van der Waals surface area contributed by atoms with E-state index in [4.69, 9.17) is 5.11 Å². The van der Waals surface area contributed by atoms with Crippen molar-refractivity contribution in [2.45, 2.75) is 6.43 Å². The number of nitro groups is 1. The van der Waals surface area contributed by atoms with Gasteiger partial charge in [-0.05, 0) is 6.07 Å². The van der Waals surface area contributed by atoms with Gasteiger partial charge in [-0.25, -0.2) is 8.78 Å². The van der Waals surface area contributed by atoms with Gasteiger partial charge in [-0.1, -0.05) is 0 Å². The van der Waals surface area contributed by atoms with Gasteiger partial charge >= 0.3 is 5.97 Å². The Hall–Kier alpha value is -2.78. The summed E-state index contributed by atoms with van der Waals surface area (Å²) >= 11 is 0. The van der Waals surface area contributed by atoms with Crippen LogP contribution in [0.25, 0.3) is 0 Å². The lowest BCUT2D eigenvalue weighted by Crippen LogP contribution is -2.34. The predicted molar refractivity (Wildman–Crippen MR) is 67.2 cm³/mol. The Morgan fingerprint density at radius 2 is 2.00 bits per heavy atom. The Kier molecular flexibility index (Phi) is 5.52. The number of amides is 1. The number of carbonyl (C=O) groups excluding carboxylic acids is 1. The van der Waals surface area contributed by atoms with E-state index >= 15 is 0 Å². The maximum absolute atomic E-state index is 12.8. The summed E-state index contributed by atoms with van der Waals surface area (Å²) in [5.41, 5.74) is -1.25. The van der Waals surface area contributed by atoms with Crippen molar-refractivity contribution in [3.05, 3.63) is 33.9 Å². The fraction of sp³-hybridized carbons (Fsp3) is 0.273. The Morgan fingerprint density at radius 3 is 2.52 bits per heavy atom. The number of anilines is 1. The van der Waals surface area contributed by atoms with Crippen molar-refractivity contribution in [2.75, 3.05) is 18.4 Å². The molecule has 3 N–H and O–H groups in total. The number of halogens is 2. The number of carboxylic acids is 1. The zero-order valence-electron chi connectivity index (χ0n) is 10.5. The Bertz CT molecular complexity index is 565. The molecule has 114 valence electrons. The van der Waals surface area contributed by atoms with E-state index in [0.29, 0.717) is 6.07 Å². The quantitative estimate of drug-likeness (QED) is 0.513. The van der Waals surface area contributed by atoms with E-state index in [1.54, 1.807) is 0 Å². The molecular weight excluding hydrogens is 292 g/mol. The van der Waals surface area contributed by atoms with Crippen molar-refractivity contribution >= 4 is 23.3 Å². The molecule has 0 aromatic heterocycles. The smallest absolute Gasteiger partial charge is 0.322 e. The van der Waals surface area contributed by atoms with Crippen LogP contribution in [0.3, 0.4) is 0 Å². The number of alkyl halides is 2. The van der Waals surface area contributed by atoms with Gasteiger partial charge in [0.1, 0.15) is 6.54 Å². The zero-order valence-corrected chi connectivity index (χ0v) is 10.5. The van der Waals surface area contributed by atoms with Crippen molar-refractivity contribution in [2.24, 2.45) is 0 Å². The number of carboxylic acid groups (broad SMARTS) is 1. The lowest BCUT2D eigenvalue weighted by atomic mass is 10.1. The molecule has 1 aromatic rings. The van der Waals surface area contributed by atoms with Crippen LogP contribution in [0.1, 0.15) is 12.0 Å². The van der Waals surface area contributed by atoms with Crippen molar-refractivity contribution in [1.82, 2.24) is 5.32 Å². The maximum atomic E-state index is 12.8. The molecule has 0 saturated heterocycles. The van der Waals surface area contributed by atoms with Gasteiger partial charge < -0.3 is 15.7 Å². The van der Waals surface area contributed by atoms with Crippen molar-refractivity contribution in [3.8, 4) is 0 Å². The van der Waals surface area contributed by atoms with Crippen LogP contribution in [0.5, 0.6) is 0 Å². The van der Waals surface area contributed by atoms with Crippen LogP contribution in [0, 0.1) is 10.1 Å². The van der Waals surface area contributed by atoms with E-state index < -0.39 is 47.6 Å². The van der Waals surface area contributed by atoms with Crippen LogP contribution < -0.4 is 10.6 Å². The minimum atomic E-state index is -2.96. The molecule has 1 amide bonds. The summed E-state index contributed by atoms with van der Waals surface area (Å²) in [4.78, 5) is 31.2. The lowest BCUT2D eigenvalue weighted by Gasteiger charge is -2.11. The molecule has 0 radical (unpaired) electrons. The molecule has 0 spiro atoms. The van der Waals surface area contributed by atoms with Crippen molar-refractivity contribution < 1.29 is 28.4 Å². The summed E-state index contributed by atoms with van der Waals surface area (Å²) in [6.45, 7) is -1.03. The van der Waals surface area contributed by atoms with Gasteiger partial charge in [0.25, 0.3) is 12.1 Å². The Balaban J connectivity index is 2.76. The first-order chi connectivity index (χ1) is 9.81. The molecule has 21 heavy (non-hydrogen) atoms. The summed E-state index contributed by atoms with van der Waals surface area (Å²) in [7, 11) is 0. The molecular formula is C11H11F2N3O5. The number of nitro benzene ring substituents is 1. The van der Waals surface area contributed by atoms with Crippen LogP contribution in [0.15, 0.2) is 18.2 Å². The average molecular weight is 303 g/mol. The maximum Gasteiger partial charge on any atom is 0.322 e. The van der Waals surface area contributed by atoms with Gasteiger partial charge in [-0.15, -0.1) is 0 Å². The number of nitrogens with zero attached hydrogens (tertiary/aromatic N) is 1. The van der Waals surface area contributed by atoms with Crippen LogP contribution in [-0.4, -0.2) is 35.0 Å². The summed E-state index contributed by atoms with van der Waals surface area (Å²) < 4.78 is 25.6. The number of aliphatic carboxylic acids is 1. The second-order valence-electron chi connectivity index (χ2n) is 3.85. The second kappa shape index (κ2) is 7.12. The molecule has 0 saturated carbocycles. The van der Waals surface area contributed by atoms with Crippen LogP contribution >= 0.6 is 0 Å². The number of hydrogen-bond acceptors (Lipinski definition) is 5. The third kappa shape index (κ3) is 5.01. The highest BCUT2D eigenvalue weighted by Gasteiger charge is 2.18. The third-order valence-electron chi connectivity index (χ3n) is 2.36. The lowest BCUT2D eigenvalue weighted by molar-refractivity contribution is -0.385. The van der Waals surface area contributed by atoms with E-state index in [9.17, 15) is 28.5 Å². The molecule has 10 heteroatoms. The van der Waals surface area contributed by atoms with Gasteiger partial charge in [0.2, 0.25) is 5.91 Å². The SMILES string of the molecule is O=C(O)CNC(=O)CNc1ccc([N+](=O)[O-])cc1C(F)F. The van der Waals surface area contributed by atoms with E-state index in [1.807, 2.05) is 5.32 Å². The fourth-order valence-corrected chi connectivity index (χ4v) is 1.42. The second-order valence-corrected chi connectivity index (χ2v) is 3.85. The van der Waals surface area contributed by atoms with Gasteiger partial charge in [0.15, 0.2) is 0 Å². The average Bonchev–Trinajstić information content (AvgIpc) is 2.42. The van der Waals surface area contributed by atoms with E-state index in [1.165, 1.54) is 0 Å². The van der Waals surface area contributed by atoms with Gasteiger partial charge in [-0.2, -0.15) is 0 Å². The Labute approximate surface area is 116 Å². The largest absolute Gasteiger partial charge is 0.480 e. The highest BCUT2D eigenvalue weighted by atomic mass is 19.3. The monoisotopic (exact) mass is 303 g/mol. The molecule has 0 aliphatic rings. The Morgan fingerprint density at radius 1 is 1.33 bits per heavy atom. The topological polar surface area (TPSA) is 122 Å². The molecule has 0 aliphatic heterocycles. The molecule has 8 nitrogen and oxygen atoms in total.